The summed E-state index contributed by atoms with van der Waals surface area (Å²) in [4.78, 5) is 12.0. The topological polar surface area (TPSA) is 71.4 Å². The van der Waals surface area contributed by atoms with Crippen LogP contribution in [-0.2, 0) is 26.5 Å². The van der Waals surface area contributed by atoms with Crippen LogP contribution in [0.3, 0.4) is 0 Å². The molecule has 1 aromatic rings. The number of benzene rings is 1. The molecule has 0 aromatic heterocycles. The van der Waals surface area contributed by atoms with Crippen molar-refractivity contribution in [2.75, 3.05) is 5.75 Å². The molecule has 36 heavy (non-hydrogen) atoms. The number of allylic oxidation sites excluding steroid dienone is 5. The zero-order valence-corrected chi connectivity index (χ0v) is 24.1. The van der Waals surface area contributed by atoms with Gasteiger partial charge in [0.05, 0.1) is 10.6 Å². The third-order valence-corrected chi connectivity index (χ3v) is 9.32. The van der Waals surface area contributed by atoms with Gasteiger partial charge in [-0.05, 0) is 91.3 Å². The maximum absolute atomic E-state index is 13.2. The Morgan fingerprint density at radius 1 is 1.06 bits per heavy atom. The summed E-state index contributed by atoms with van der Waals surface area (Å²) in [6.07, 6.45) is 15.8. The zero-order chi connectivity index (χ0) is 26.9. The third-order valence-electron chi connectivity index (χ3n) is 7.49. The molecule has 1 heterocycles. The highest BCUT2D eigenvalue weighted by Crippen LogP contribution is 2.40. The number of fused-ring (bicyclic) bond motifs is 1. The molecule has 0 fully saturated rings. The van der Waals surface area contributed by atoms with Gasteiger partial charge in [-0.2, -0.15) is 0 Å². The predicted molar refractivity (Wildman–Crippen MR) is 151 cm³/mol. The van der Waals surface area contributed by atoms with E-state index in [1.165, 1.54) is 25.7 Å². The van der Waals surface area contributed by atoms with Crippen LogP contribution in [0.15, 0.2) is 46.4 Å². The first-order valence-electron chi connectivity index (χ1n) is 13.6. The average molecular weight is 515 g/mol. The van der Waals surface area contributed by atoms with Crippen LogP contribution in [0.4, 0.5) is 0 Å². The standard InChI is InChI=1S/C31H46O4S/c1-7-9-10-11-12-13-18-25-21-29-28(31(5,6)19-15-20-36(29,34)35)22-27(25)24(4)17-14-16-23(3)26(8-2)30(32)33/h14,16-17,21-22H,7-13,15,18-20H2,1-6H3,(H,32,33). The molecular weight excluding hydrogens is 468 g/mol. The minimum atomic E-state index is -3.30. The first-order chi connectivity index (χ1) is 16.9. The van der Waals surface area contributed by atoms with Gasteiger partial charge in [0.1, 0.15) is 0 Å². The second kappa shape index (κ2) is 13.4. The summed E-state index contributed by atoms with van der Waals surface area (Å²) < 4.78 is 26.4. The van der Waals surface area contributed by atoms with Crippen LogP contribution in [0.25, 0.3) is 5.57 Å². The van der Waals surface area contributed by atoms with E-state index < -0.39 is 15.8 Å². The summed E-state index contributed by atoms with van der Waals surface area (Å²) in [6, 6.07) is 4.09. The highest BCUT2D eigenvalue weighted by Gasteiger charge is 2.33. The van der Waals surface area contributed by atoms with E-state index >= 15 is 0 Å². The summed E-state index contributed by atoms with van der Waals surface area (Å²) in [5.41, 5.74) is 5.14. The maximum atomic E-state index is 13.2. The van der Waals surface area contributed by atoms with Crippen molar-refractivity contribution in [2.45, 2.75) is 116 Å². The summed E-state index contributed by atoms with van der Waals surface area (Å²) in [5.74, 6) is -0.665. The summed E-state index contributed by atoms with van der Waals surface area (Å²) in [5, 5.41) is 9.39. The van der Waals surface area contributed by atoms with Crippen LogP contribution < -0.4 is 0 Å². The molecule has 2 rings (SSSR count). The second-order valence-corrected chi connectivity index (χ2v) is 12.9. The number of aliphatic carboxylic acids is 1. The molecule has 0 amide bonds. The Labute approximate surface area is 219 Å². The number of unbranched alkanes of at least 4 members (excludes halogenated alkanes) is 5. The Hall–Kier alpha value is -2.14. The highest BCUT2D eigenvalue weighted by atomic mass is 32.2. The molecule has 200 valence electrons. The van der Waals surface area contributed by atoms with E-state index in [1.807, 2.05) is 38.1 Å². The minimum absolute atomic E-state index is 0.209. The van der Waals surface area contributed by atoms with Gasteiger partial charge in [-0.1, -0.05) is 78.0 Å². The van der Waals surface area contributed by atoms with Crippen molar-refractivity contribution in [3.8, 4) is 0 Å². The first-order valence-corrected chi connectivity index (χ1v) is 15.3. The molecule has 1 aliphatic heterocycles. The number of hydrogen-bond donors (Lipinski definition) is 1. The third kappa shape index (κ3) is 7.93. The Balaban J connectivity index is 2.50. The molecule has 0 unspecified atom stereocenters. The minimum Gasteiger partial charge on any atom is -0.478 e. The summed E-state index contributed by atoms with van der Waals surface area (Å²) in [6.45, 7) is 12.3. The Bertz CT molecular complexity index is 1120. The number of aryl methyl sites for hydroxylation is 1. The van der Waals surface area contributed by atoms with Crippen LogP contribution >= 0.6 is 0 Å². The van der Waals surface area contributed by atoms with Crippen molar-refractivity contribution in [1.82, 2.24) is 0 Å². The van der Waals surface area contributed by atoms with Gasteiger partial charge in [0, 0.05) is 5.57 Å². The van der Waals surface area contributed by atoms with Crippen molar-refractivity contribution in [2.24, 2.45) is 0 Å². The molecule has 0 atom stereocenters. The smallest absolute Gasteiger partial charge is 0.331 e. The van der Waals surface area contributed by atoms with Crippen molar-refractivity contribution in [3.63, 3.8) is 0 Å². The van der Waals surface area contributed by atoms with Gasteiger partial charge >= 0.3 is 5.97 Å². The van der Waals surface area contributed by atoms with Crippen molar-refractivity contribution < 1.29 is 18.3 Å². The van der Waals surface area contributed by atoms with Gasteiger partial charge < -0.3 is 5.11 Å². The van der Waals surface area contributed by atoms with Crippen LogP contribution in [0.5, 0.6) is 0 Å². The molecule has 0 bridgehead atoms. The molecule has 1 N–H and O–H groups in total. The van der Waals surface area contributed by atoms with E-state index in [-0.39, 0.29) is 11.2 Å². The van der Waals surface area contributed by atoms with E-state index in [1.54, 1.807) is 0 Å². The van der Waals surface area contributed by atoms with Crippen LogP contribution in [0, 0.1) is 0 Å². The highest BCUT2D eigenvalue weighted by molar-refractivity contribution is 7.91. The van der Waals surface area contributed by atoms with Crippen LogP contribution in [0.1, 0.15) is 116 Å². The number of rotatable bonds is 12. The van der Waals surface area contributed by atoms with Crippen molar-refractivity contribution in [3.05, 3.63) is 58.2 Å². The molecule has 4 nitrogen and oxygen atoms in total. The second-order valence-electron chi connectivity index (χ2n) is 10.9. The number of hydrogen-bond acceptors (Lipinski definition) is 3. The number of carbonyl (C=O) groups is 1. The van der Waals surface area contributed by atoms with Gasteiger partial charge in [0.15, 0.2) is 9.84 Å². The molecule has 0 saturated heterocycles. The fourth-order valence-corrected chi connectivity index (χ4v) is 6.89. The Morgan fingerprint density at radius 2 is 1.72 bits per heavy atom. The van der Waals surface area contributed by atoms with Gasteiger partial charge in [0.2, 0.25) is 0 Å². The number of carboxylic acids is 1. The average Bonchev–Trinajstić information content (AvgIpc) is 2.88. The quantitative estimate of drug-likeness (QED) is 0.173. The molecular formula is C31H46O4S. The lowest BCUT2D eigenvalue weighted by Gasteiger charge is -2.27. The SMILES string of the molecule is CCCCCCCCc1cc2c(cc1C(C)=CC=CC(C)=C(CC)C(=O)O)C(C)(C)CCCS2(=O)=O. The molecule has 0 aliphatic carbocycles. The molecule has 0 saturated carbocycles. The lowest BCUT2D eigenvalue weighted by molar-refractivity contribution is -0.132. The van der Waals surface area contributed by atoms with E-state index in [0.717, 1.165) is 53.5 Å². The zero-order valence-electron chi connectivity index (χ0n) is 23.2. The molecule has 1 aromatic carbocycles. The molecule has 5 heteroatoms. The van der Waals surface area contributed by atoms with E-state index in [0.29, 0.717) is 23.3 Å². The van der Waals surface area contributed by atoms with E-state index in [2.05, 4.69) is 33.8 Å². The van der Waals surface area contributed by atoms with Gasteiger partial charge in [-0.3, -0.25) is 0 Å². The van der Waals surface area contributed by atoms with Gasteiger partial charge in [0.25, 0.3) is 0 Å². The molecule has 0 radical (unpaired) electrons. The fourth-order valence-electron chi connectivity index (χ4n) is 5.15. The predicted octanol–water partition coefficient (Wildman–Crippen LogP) is 8.21. The van der Waals surface area contributed by atoms with E-state index in [9.17, 15) is 18.3 Å². The molecule has 1 aliphatic rings. The Morgan fingerprint density at radius 3 is 2.36 bits per heavy atom. The van der Waals surface area contributed by atoms with Crippen LogP contribution in [-0.4, -0.2) is 25.2 Å². The number of carboxylic acid groups (broad SMARTS) is 1. The van der Waals surface area contributed by atoms with E-state index in [4.69, 9.17) is 0 Å². The van der Waals surface area contributed by atoms with Gasteiger partial charge in [-0.15, -0.1) is 0 Å². The molecule has 0 spiro atoms. The lowest BCUT2D eigenvalue weighted by Crippen LogP contribution is -2.19. The summed E-state index contributed by atoms with van der Waals surface area (Å²) in [7, 11) is -3.30. The van der Waals surface area contributed by atoms with Crippen molar-refractivity contribution in [1.29, 1.82) is 0 Å². The summed E-state index contributed by atoms with van der Waals surface area (Å²) >= 11 is 0. The Kier molecular flexibility index (Phi) is 11.2. The fraction of sp³-hybridized carbons (Fsp3) is 0.581. The normalized spacial score (nSPS) is 18.0. The number of sulfone groups is 1. The van der Waals surface area contributed by atoms with Crippen LogP contribution in [0.2, 0.25) is 0 Å². The first kappa shape index (κ1) is 30.1. The monoisotopic (exact) mass is 514 g/mol. The largest absolute Gasteiger partial charge is 0.478 e. The van der Waals surface area contributed by atoms with Gasteiger partial charge in [-0.25, -0.2) is 13.2 Å². The van der Waals surface area contributed by atoms with Crippen molar-refractivity contribution >= 4 is 21.4 Å². The lowest BCUT2D eigenvalue weighted by atomic mass is 9.78. The maximum Gasteiger partial charge on any atom is 0.331 e.